The second-order valence-corrected chi connectivity index (χ2v) is 6.69. The zero-order valence-electron chi connectivity index (χ0n) is 13.7. The number of nitrogens with zero attached hydrogens (tertiary/aromatic N) is 2. The van der Waals surface area contributed by atoms with Crippen LogP contribution in [0.4, 0.5) is 0 Å². The molecule has 6 nitrogen and oxygen atoms in total. The molecule has 1 N–H and O–H groups in total. The van der Waals surface area contributed by atoms with Crippen molar-refractivity contribution in [3.05, 3.63) is 18.0 Å². The van der Waals surface area contributed by atoms with Crippen LogP contribution in [0.15, 0.2) is 16.9 Å². The Morgan fingerprint density at radius 2 is 2.22 bits per heavy atom. The third kappa shape index (κ3) is 5.32. The number of carbonyl (C=O) groups is 1. The highest BCUT2D eigenvalue weighted by molar-refractivity contribution is 5.75. The number of rotatable bonds is 7. The van der Waals surface area contributed by atoms with E-state index in [0.29, 0.717) is 18.9 Å². The maximum atomic E-state index is 11.9. The standard InChI is InChI=1S/C17H27N3O3/c21-17(18-12-16-2-1-10-22-16)4-3-14-5-8-20(9-6-14)13-15-7-11-23-19-15/h7,11,14,16H,1-6,8-10,12-13H2,(H,18,21). The molecule has 2 aliphatic rings. The van der Waals surface area contributed by atoms with Gasteiger partial charge in [-0.15, -0.1) is 0 Å². The van der Waals surface area contributed by atoms with Crippen molar-refractivity contribution in [3.63, 3.8) is 0 Å². The van der Waals surface area contributed by atoms with Crippen LogP contribution >= 0.6 is 0 Å². The van der Waals surface area contributed by atoms with Gasteiger partial charge in [0.25, 0.3) is 0 Å². The molecule has 1 atom stereocenters. The monoisotopic (exact) mass is 321 g/mol. The van der Waals surface area contributed by atoms with E-state index in [-0.39, 0.29) is 12.0 Å². The van der Waals surface area contributed by atoms with Crippen molar-refractivity contribution in [3.8, 4) is 0 Å². The van der Waals surface area contributed by atoms with E-state index in [2.05, 4.69) is 15.4 Å². The Morgan fingerprint density at radius 3 is 2.91 bits per heavy atom. The van der Waals surface area contributed by atoms with Crippen LogP contribution in [-0.4, -0.2) is 48.3 Å². The van der Waals surface area contributed by atoms with Gasteiger partial charge in [0, 0.05) is 32.2 Å². The summed E-state index contributed by atoms with van der Waals surface area (Å²) in [5.74, 6) is 0.836. The Balaban J connectivity index is 1.27. The third-order valence-corrected chi connectivity index (χ3v) is 4.91. The fourth-order valence-electron chi connectivity index (χ4n) is 3.44. The Labute approximate surface area is 137 Å². The van der Waals surface area contributed by atoms with E-state index < -0.39 is 0 Å². The van der Waals surface area contributed by atoms with Gasteiger partial charge < -0.3 is 14.6 Å². The minimum Gasteiger partial charge on any atom is -0.376 e. The summed E-state index contributed by atoms with van der Waals surface area (Å²) >= 11 is 0. The smallest absolute Gasteiger partial charge is 0.220 e. The van der Waals surface area contributed by atoms with Crippen LogP contribution in [-0.2, 0) is 16.1 Å². The number of amides is 1. The second kappa shape index (κ2) is 8.45. The number of nitrogens with one attached hydrogen (secondary N) is 1. The van der Waals surface area contributed by atoms with Gasteiger partial charge in [-0.2, -0.15) is 0 Å². The van der Waals surface area contributed by atoms with Gasteiger partial charge in [0.05, 0.1) is 11.8 Å². The van der Waals surface area contributed by atoms with Gasteiger partial charge in [0.2, 0.25) is 5.91 Å². The highest BCUT2D eigenvalue weighted by Crippen LogP contribution is 2.22. The molecule has 6 heteroatoms. The van der Waals surface area contributed by atoms with E-state index in [9.17, 15) is 4.79 Å². The second-order valence-electron chi connectivity index (χ2n) is 6.69. The van der Waals surface area contributed by atoms with E-state index in [1.165, 1.54) is 0 Å². The van der Waals surface area contributed by atoms with Crippen LogP contribution in [0.25, 0.3) is 0 Å². The van der Waals surface area contributed by atoms with Crippen LogP contribution in [0.1, 0.15) is 44.2 Å². The van der Waals surface area contributed by atoms with Gasteiger partial charge in [-0.1, -0.05) is 5.16 Å². The van der Waals surface area contributed by atoms with Crippen LogP contribution in [0, 0.1) is 5.92 Å². The van der Waals surface area contributed by atoms with E-state index in [0.717, 1.165) is 64.0 Å². The molecule has 0 bridgehead atoms. The van der Waals surface area contributed by atoms with E-state index in [4.69, 9.17) is 9.26 Å². The van der Waals surface area contributed by atoms with Crippen LogP contribution in [0.2, 0.25) is 0 Å². The van der Waals surface area contributed by atoms with Gasteiger partial charge >= 0.3 is 0 Å². The molecule has 3 heterocycles. The van der Waals surface area contributed by atoms with Gasteiger partial charge in [-0.3, -0.25) is 9.69 Å². The van der Waals surface area contributed by atoms with Crippen molar-refractivity contribution in [2.45, 2.75) is 51.2 Å². The molecule has 1 amide bonds. The largest absolute Gasteiger partial charge is 0.376 e. The first-order valence-electron chi connectivity index (χ1n) is 8.79. The number of ether oxygens (including phenoxy) is 1. The lowest BCUT2D eigenvalue weighted by Crippen LogP contribution is -2.34. The van der Waals surface area contributed by atoms with Crippen LogP contribution < -0.4 is 5.32 Å². The number of hydrogen-bond donors (Lipinski definition) is 1. The van der Waals surface area contributed by atoms with Crippen molar-refractivity contribution >= 4 is 5.91 Å². The zero-order valence-corrected chi connectivity index (χ0v) is 13.7. The summed E-state index contributed by atoms with van der Waals surface area (Å²) in [6.07, 6.45) is 8.01. The van der Waals surface area contributed by atoms with E-state index in [1.807, 2.05) is 6.07 Å². The summed E-state index contributed by atoms with van der Waals surface area (Å²) in [6.45, 7) is 4.54. The SMILES string of the molecule is O=C(CCC1CCN(Cc2ccon2)CC1)NCC1CCCO1. The first kappa shape index (κ1) is 16.5. The summed E-state index contributed by atoms with van der Waals surface area (Å²) in [5, 5.41) is 6.97. The first-order valence-corrected chi connectivity index (χ1v) is 8.79. The summed E-state index contributed by atoms with van der Waals surface area (Å²) in [6, 6.07) is 1.92. The lowest BCUT2D eigenvalue weighted by atomic mass is 9.92. The Kier molecular flexibility index (Phi) is 6.05. The molecule has 1 unspecified atom stereocenters. The Hall–Kier alpha value is -1.40. The topological polar surface area (TPSA) is 67.6 Å². The minimum atomic E-state index is 0.172. The highest BCUT2D eigenvalue weighted by Gasteiger charge is 2.21. The number of carbonyl (C=O) groups excluding carboxylic acids is 1. The van der Waals surface area contributed by atoms with Gasteiger partial charge in [0.15, 0.2) is 0 Å². The van der Waals surface area contributed by atoms with Crippen molar-refractivity contribution in [2.24, 2.45) is 5.92 Å². The number of piperidine rings is 1. The maximum absolute atomic E-state index is 11.9. The lowest BCUT2D eigenvalue weighted by Gasteiger charge is -2.31. The highest BCUT2D eigenvalue weighted by atomic mass is 16.5. The molecule has 128 valence electrons. The summed E-state index contributed by atoms with van der Waals surface area (Å²) in [4.78, 5) is 14.3. The fraction of sp³-hybridized carbons (Fsp3) is 0.765. The molecule has 0 spiro atoms. The molecular weight excluding hydrogens is 294 g/mol. The minimum absolute atomic E-state index is 0.172. The predicted octanol–water partition coefficient (Wildman–Crippen LogP) is 1.96. The predicted molar refractivity (Wildman–Crippen MR) is 85.7 cm³/mol. The van der Waals surface area contributed by atoms with Crippen molar-refractivity contribution < 1.29 is 14.1 Å². The molecule has 1 aromatic rings. The molecular formula is C17H27N3O3. The summed E-state index contributed by atoms with van der Waals surface area (Å²) in [5.41, 5.74) is 0.997. The maximum Gasteiger partial charge on any atom is 0.220 e. The van der Waals surface area contributed by atoms with E-state index in [1.54, 1.807) is 6.26 Å². The molecule has 0 aromatic carbocycles. The summed E-state index contributed by atoms with van der Waals surface area (Å²) in [7, 11) is 0. The molecule has 2 aliphatic heterocycles. The first-order chi connectivity index (χ1) is 11.3. The summed E-state index contributed by atoms with van der Waals surface area (Å²) < 4.78 is 10.4. The zero-order chi connectivity index (χ0) is 15.9. The average Bonchev–Trinajstić information content (AvgIpc) is 3.26. The van der Waals surface area contributed by atoms with Crippen LogP contribution in [0.5, 0.6) is 0 Å². The van der Waals surface area contributed by atoms with Gasteiger partial charge in [0.1, 0.15) is 6.26 Å². The molecule has 23 heavy (non-hydrogen) atoms. The van der Waals surface area contributed by atoms with Crippen molar-refractivity contribution in [2.75, 3.05) is 26.2 Å². The van der Waals surface area contributed by atoms with Crippen molar-refractivity contribution in [1.82, 2.24) is 15.4 Å². The molecule has 0 saturated carbocycles. The van der Waals surface area contributed by atoms with E-state index >= 15 is 0 Å². The molecule has 0 radical (unpaired) electrons. The number of likely N-dealkylation sites (tertiary alicyclic amines) is 1. The molecule has 2 fully saturated rings. The van der Waals surface area contributed by atoms with Crippen molar-refractivity contribution in [1.29, 1.82) is 0 Å². The van der Waals surface area contributed by atoms with Gasteiger partial charge in [-0.05, 0) is 51.1 Å². The third-order valence-electron chi connectivity index (χ3n) is 4.91. The molecule has 2 saturated heterocycles. The normalized spacial score (nSPS) is 23.2. The average molecular weight is 321 g/mol. The quantitative estimate of drug-likeness (QED) is 0.831. The molecule has 1 aromatic heterocycles. The Morgan fingerprint density at radius 1 is 1.35 bits per heavy atom. The van der Waals surface area contributed by atoms with Crippen LogP contribution in [0.3, 0.4) is 0 Å². The number of hydrogen-bond acceptors (Lipinski definition) is 5. The lowest BCUT2D eigenvalue weighted by molar-refractivity contribution is -0.122. The molecule has 3 rings (SSSR count). The van der Waals surface area contributed by atoms with Gasteiger partial charge in [-0.25, -0.2) is 0 Å². The Bertz CT molecular complexity index is 463. The number of aromatic nitrogens is 1. The fourth-order valence-corrected chi connectivity index (χ4v) is 3.44. The molecule has 0 aliphatic carbocycles.